The van der Waals surface area contributed by atoms with E-state index in [4.69, 9.17) is 0 Å². The molecule has 0 bridgehead atoms. The molecular weight excluding hydrogens is 371 g/mol. The summed E-state index contributed by atoms with van der Waals surface area (Å²) in [5.74, 6) is -3.34. The molecule has 0 radical (unpaired) electrons. The Morgan fingerprint density at radius 1 is 1.19 bits per heavy atom. The second-order valence-corrected chi connectivity index (χ2v) is 6.81. The minimum atomic E-state index is -5.08. The van der Waals surface area contributed by atoms with E-state index in [1.54, 1.807) is 0 Å². The molecule has 3 rings (SSSR count). The molecule has 144 valence electrons. The van der Waals surface area contributed by atoms with Gasteiger partial charge in [0.1, 0.15) is 5.82 Å². The fraction of sp³-hybridized carbons (Fsp3) is 0.562. The average molecular weight is 385 g/mol. The van der Waals surface area contributed by atoms with Gasteiger partial charge in [-0.15, -0.1) is 0 Å². The molecule has 1 aromatic rings. The first-order chi connectivity index (χ1) is 11.9. The fourth-order valence-corrected chi connectivity index (χ4v) is 3.61. The maximum absolute atomic E-state index is 13.9. The van der Waals surface area contributed by atoms with Crippen molar-refractivity contribution in [1.82, 2.24) is 5.32 Å². The number of hydrogen-bond donors (Lipinski definition) is 1. The van der Waals surface area contributed by atoms with Gasteiger partial charge in [0.25, 0.3) is 0 Å². The number of hydrogen-bond acceptors (Lipinski definition) is 3. The van der Waals surface area contributed by atoms with E-state index in [0.29, 0.717) is 25.5 Å². The molecule has 10 heteroatoms. The summed E-state index contributed by atoms with van der Waals surface area (Å²) in [5.41, 5.74) is -1.58. The lowest BCUT2D eigenvalue weighted by Gasteiger charge is -2.58. The predicted molar refractivity (Wildman–Crippen MR) is 74.2 cm³/mol. The lowest BCUT2D eigenvalue weighted by molar-refractivity contribution is -0.233. The molecule has 3 nitrogen and oxygen atoms in total. The predicted octanol–water partition coefficient (Wildman–Crippen LogP) is 3.82. The van der Waals surface area contributed by atoms with Crippen LogP contribution in [0.15, 0.2) is 18.2 Å². The summed E-state index contributed by atoms with van der Waals surface area (Å²) in [7, 11) is 0. The summed E-state index contributed by atoms with van der Waals surface area (Å²) in [6, 6.07) is 2.30. The van der Waals surface area contributed by atoms with Crippen molar-refractivity contribution in [3.05, 3.63) is 35.1 Å². The standard InChI is InChI=1S/C16H14F7NO2/c17-11-4-10(15(18,19)20)2-1-9(11)3-8-5-14(6-8)7-24-12(14)26-13(25)16(21,22)23/h1-2,4,8,12,24H,3,5-7H2. The fourth-order valence-electron chi connectivity index (χ4n) is 3.61. The normalized spacial score (nSPS) is 28.4. The second-order valence-electron chi connectivity index (χ2n) is 6.81. The summed E-state index contributed by atoms with van der Waals surface area (Å²) in [5, 5.41) is 2.62. The van der Waals surface area contributed by atoms with Crippen LogP contribution in [-0.2, 0) is 22.1 Å². The van der Waals surface area contributed by atoms with Crippen molar-refractivity contribution in [2.75, 3.05) is 6.54 Å². The second kappa shape index (κ2) is 6.11. The maximum atomic E-state index is 13.9. The van der Waals surface area contributed by atoms with E-state index in [9.17, 15) is 35.5 Å². The van der Waals surface area contributed by atoms with Gasteiger partial charge >= 0.3 is 18.3 Å². The van der Waals surface area contributed by atoms with Crippen LogP contribution >= 0.6 is 0 Å². The average Bonchev–Trinajstić information content (AvgIpc) is 2.45. The Kier molecular flexibility index (Phi) is 4.45. The van der Waals surface area contributed by atoms with Gasteiger partial charge in [-0.2, -0.15) is 26.3 Å². The molecular formula is C16H14F7NO2. The lowest BCUT2D eigenvalue weighted by Crippen LogP contribution is -2.69. The number of nitrogens with one attached hydrogen (secondary N) is 1. The van der Waals surface area contributed by atoms with Crippen LogP contribution in [0.3, 0.4) is 0 Å². The molecule has 1 N–H and O–H groups in total. The maximum Gasteiger partial charge on any atom is 0.490 e. The summed E-state index contributed by atoms with van der Waals surface area (Å²) in [4.78, 5) is 10.9. The molecule has 1 spiro atoms. The molecule has 0 aromatic heterocycles. The van der Waals surface area contributed by atoms with Gasteiger partial charge in [-0.25, -0.2) is 9.18 Å². The zero-order valence-electron chi connectivity index (χ0n) is 13.2. The van der Waals surface area contributed by atoms with Crippen molar-refractivity contribution >= 4 is 5.97 Å². The van der Waals surface area contributed by atoms with E-state index < -0.39 is 41.3 Å². The largest absolute Gasteiger partial charge is 0.490 e. The Labute approximate surface area is 143 Å². The van der Waals surface area contributed by atoms with Gasteiger partial charge in [0.05, 0.1) is 5.56 Å². The van der Waals surface area contributed by atoms with Crippen molar-refractivity contribution in [2.45, 2.75) is 37.8 Å². The summed E-state index contributed by atoms with van der Waals surface area (Å²) in [6.07, 6.45) is -9.79. The van der Waals surface area contributed by atoms with Crippen LogP contribution in [0.25, 0.3) is 0 Å². The SMILES string of the molecule is O=C(OC1NCC12CC(Cc1ccc(C(F)(F)F)cc1F)C2)C(F)(F)F. The van der Waals surface area contributed by atoms with Gasteiger partial charge in [-0.3, -0.25) is 5.32 Å². The zero-order chi connectivity index (χ0) is 19.3. The molecule has 1 heterocycles. The Balaban J connectivity index is 1.57. The molecule has 1 aliphatic carbocycles. The number of esters is 1. The van der Waals surface area contributed by atoms with Crippen molar-refractivity contribution in [3.8, 4) is 0 Å². The Morgan fingerprint density at radius 3 is 2.31 bits per heavy atom. The monoisotopic (exact) mass is 385 g/mol. The van der Waals surface area contributed by atoms with E-state index in [-0.39, 0.29) is 17.9 Å². The Morgan fingerprint density at radius 2 is 1.85 bits per heavy atom. The highest BCUT2D eigenvalue weighted by atomic mass is 19.4. The quantitative estimate of drug-likeness (QED) is 0.635. The third-order valence-corrected chi connectivity index (χ3v) is 4.93. The van der Waals surface area contributed by atoms with E-state index in [1.807, 2.05) is 0 Å². The number of carbonyl (C=O) groups is 1. The third-order valence-electron chi connectivity index (χ3n) is 4.93. The minimum absolute atomic E-state index is 0.101. The van der Waals surface area contributed by atoms with Crippen LogP contribution in [0.2, 0.25) is 0 Å². The number of halogens is 7. The summed E-state index contributed by atoms with van der Waals surface area (Å²) < 4.78 is 92.6. The van der Waals surface area contributed by atoms with Crippen molar-refractivity contribution in [2.24, 2.45) is 11.3 Å². The van der Waals surface area contributed by atoms with Gasteiger partial charge in [0.2, 0.25) is 0 Å². The molecule has 1 saturated carbocycles. The molecule has 0 amide bonds. The van der Waals surface area contributed by atoms with Crippen molar-refractivity contribution in [3.63, 3.8) is 0 Å². The highest BCUT2D eigenvalue weighted by Gasteiger charge is 2.58. The molecule has 2 aliphatic rings. The summed E-state index contributed by atoms with van der Waals surface area (Å²) in [6.45, 7) is 0.370. The highest BCUT2D eigenvalue weighted by molar-refractivity contribution is 5.75. The Bertz CT molecular complexity index is 708. The summed E-state index contributed by atoms with van der Waals surface area (Å²) >= 11 is 0. The van der Waals surface area contributed by atoms with E-state index in [2.05, 4.69) is 10.1 Å². The first-order valence-electron chi connectivity index (χ1n) is 7.77. The van der Waals surface area contributed by atoms with Crippen LogP contribution in [0.4, 0.5) is 30.7 Å². The molecule has 1 unspecified atom stereocenters. The van der Waals surface area contributed by atoms with Crippen molar-refractivity contribution in [1.29, 1.82) is 0 Å². The van der Waals surface area contributed by atoms with Gasteiger partial charge in [0, 0.05) is 12.0 Å². The topological polar surface area (TPSA) is 38.3 Å². The molecule has 1 atom stereocenters. The van der Waals surface area contributed by atoms with Gasteiger partial charge < -0.3 is 4.74 Å². The number of carbonyl (C=O) groups excluding carboxylic acids is 1. The van der Waals surface area contributed by atoms with Crippen LogP contribution in [-0.4, -0.2) is 24.9 Å². The number of rotatable bonds is 3. The van der Waals surface area contributed by atoms with Crippen LogP contribution < -0.4 is 5.32 Å². The molecule has 1 saturated heterocycles. The van der Waals surface area contributed by atoms with Gasteiger partial charge in [-0.05, 0) is 42.9 Å². The van der Waals surface area contributed by atoms with Gasteiger partial charge in [-0.1, -0.05) is 6.07 Å². The molecule has 2 fully saturated rings. The minimum Gasteiger partial charge on any atom is -0.439 e. The van der Waals surface area contributed by atoms with Crippen LogP contribution in [0, 0.1) is 17.2 Å². The number of ether oxygens (including phenoxy) is 1. The zero-order valence-corrected chi connectivity index (χ0v) is 13.2. The van der Waals surface area contributed by atoms with E-state index in [1.165, 1.54) is 0 Å². The highest BCUT2D eigenvalue weighted by Crippen LogP contribution is 2.53. The molecule has 1 aromatic carbocycles. The number of alkyl halides is 6. The first kappa shape index (κ1) is 18.9. The lowest BCUT2D eigenvalue weighted by atomic mass is 9.56. The van der Waals surface area contributed by atoms with Crippen LogP contribution in [0.1, 0.15) is 24.0 Å². The van der Waals surface area contributed by atoms with Crippen LogP contribution in [0.5, 0.6) is 0 Å². The number of benzene rings is 1. The molecule has 26 heavy (non-hydrogen) atoms. The van der Waals surface area contributed by atoms with E-state index >= 15 is 0 Å². The Hall–Kier alpha value is -1.84. The van der Waals surface area contributed by atoms with Crippen molar-refractivity contribution < 1.29 is 40.3 Å². The van der Waals surface area contributed by atoms with Gasteiger partial charge in [0.15, 0.2) is 6.23 Å². The smallest absolute Gasteiger partial charge is 0.439 e. The molecule has 1 aliphatic heterocycles. The first-order valence-corrected chi connectivity index (χ1v) is 7.77. The van der Waals surface area contributed by atoms with E-state index in [0.717, 1.165) is 12.1 Å². The third kappa shape index (κ3) is 3.51.